The number of ether oxygens (including phenoxy) is 6. The number of esters is 4. The normalized spacial score (nSPS) is 10.6. The van der Waals surface area contributed by atoms with Crippen LogP contribution in [0.5, 0.6) is 34.5 Å². The summed E-state index contributed by atoms with van der Waals surface area (Å²) >= 11 is 3.36. The predicted octanol–water partition coefficient (Wildman–Crippen LogP) is 11.2. The minimum atomic E-state index is -0.686. The molecule has 0 N–H and O–H groups in total. The summed E-state index contributed by atoms with van der Waals surface area (Å²) in [7, 11) is 0. The zero-order chi connectivity index (χ0) is 40.4. The first kappa shape index (κ1) is 42.2. The average molecular weight is 838 g/mol. The summed E-state index contributed by atoms with van der Waals surface area (Å²) in [6, 6.07) is 29.9. The molecular weight excluding hydrogens is 792 g/mol. The van der Waals surface area contributed by atoms with Crippen molar-refractivity contribution in [3.05, 3.63) is 142 Å². The summed E-state index contributed by atoms with van der Waals surface area (Å²) in [5.41, 5.74) is 1.12. The Bertz CT molecular complexity index is 2080. The maximum atomic E-state index is 13.0. The lowest BCUT2D eigenvalue weighted by molar-refractivity contribution is 0.0722. The van der Waals surface area contributed by atoms with Crippen LogP contribution in [0, 0.1) is 0 Å². The second kappa shape index (κ2) is 22.0. The number of halogens is 1. The summed E-state index contributed by atoms with van der Waals surface area (Å²) in [5, 5.41) is 0. The van der Waals surface area contributed by atoms with Gasteiger partial charge in [-0.05, 0) is 138 Å². The molecule has 0 fully saturated rings. The molecule has 0 spiro atoms. The van der Waals surface area contributed by atoms with E-state index in [9.17, 15) is 19.2 Å². The highest BCUT2D eigenvalue weighted by Crippen LogP contribution is 2.31. The van der Waals surface area contributed by atoms with E-state index in [0.29, 0.717) is 40.3 Å². The summed E-state index contributed by atoms with van der Waals surface area (Å²) in [4.78, 5) is 51.3. The molecule has 0 aliphatic heterocycles. The number of unbranched alkanes of at least 4 members (excludes halogenated alkanes) is 6. The van der Waals surface area contributed by atoms with Crippen molar-refractivity contribution in [3.63, 3.8) is 0 Å². The van der Waals surface area contributed by atoms with Crippen LogP contribution in [0.2, 0.25) is 0 Å². The molecule has 0 unspecified atom stereocenters. The first-order valence-electron chi connectivity index (χ1n) is 19.1. The second-order valence-electron chi connectivity index (χ2n) is 13.1. The minimum absolute atomic E-state index is 0.114. The smallest absolute Gasteiger partial charge is 0.343 e. The molecule has 296 valence electrons. The maximum absolute atomic E-state index is 13.0. The van der Waals surface area contributed by atoms with E-state index in [4.69, 9.17) is 28.4 Å². The zero-order valence-corrected chi connectivity index (χ0v) is 33.6. The van der Waals surface area contributed by atoms with Gasteiger partial charge in [-0.3, -0.25) is 0 Å². The molecule has 11 heteroatoms. The number of hydrogen-bond acceptors (Lipinski definition) is 10. The molecule has 0 saturated carbocycles. The van der Waals surface area contributed by atoms with Crippen molar-refractivity contribution in [2.75, 3.05) is 13.2 Å². The SMILES string of the molecule is CCCCCCOc1ccc(C(=O)Oc2ccc(C(=O)Oc3ccc(Br)c(OC(=O)c4ccc(OC(=O)c5ccc(OCCCCCC)cc5)cc4)c3)cc2)cc1. The third kappa shape index (κ3) is 13.4. The van der Waals surface area contributed by atoms with Crippen molar-refractivity contribution in [1.82, 2.24) is 0 Å². The molecule has 5 rings (SSSR count). The van der Waals surface area contributed by atoms with Gasteiger partial charge in [0.15, 0.2) is 0 Å². The number of carbonyl (C=O) groups excluding carboxylic acids is 4. The highest BCUT2D eigenvalue weighted by Gasteiger charge is 2.17. The van der Waals surface area contributed by atoms with Crippen LogP contribution in [-0.2, 0) is 0 Å². The second-order valence-corrected chi connectivity index (χ2v) is 13.9. The first-order chi connectivity index (χ1) is 27.7. The predicted molar refractivity (Wildman–Crippen MR) is 219 cm³/mol. The van der Waals surface area contributed by atoms with Gasteiger partial charge in [0.2, 0.25) is 0 Å². The van der Waals surface area contributed by atoms with E-state index >= 15 is 0 Å². The van der Waals surface area contributed by atoms with Gasteiger partial charge in [-0.2, -0.15) is 0 Å². The van der Waals surface area contributed by atoms with Crippen LogP contribution in [0.25, 0.3) is 0 Å². The summed E-state index contributed by atoms with van der Waals surface area (Å²) in [6.45, 7) is 5.57. The van der Waals surface area contributed by atoms with Gasteiger partial charge in [-0.1, -0.05) is 52.4 Å². The number of benzene rings is 5. The Morgan fingerprint density at radius 3 is 1.12 bits per heavy atom. The topological polar surface area (TPSA) is 124 Å². The fourth-order valence-corrected chi connectivity index (χ4v) is 5.74. The van der Waals surface area contributed by atoms with E-state index in [0.717, 1.165) is 38.5 Å². The fourth-order valence-electron chi connectivity index (χ4n) is 5.41. The van der Waals surface area contributed by atoms with E-state index in [1.165, 1.54) is 73.5 Å². The van der Waals surface area contributed by atoms with Gasteiger partial charge in [-0.25, -0.2) is 19.2 Å². The van der Waals surface area contributed by atoms with Gasteiger partial charge in [-0.15, -0.1) is 0 Å². The highest BCUT2D eigenvalue weighted by atomic mass is 79.9. The molecule has 0 amide bonds. The van der Waals surface area contributed by atoms with Gasteiger partial charge in [0, 0.05) is 6.07 Å². The van der Waals surface area contributed by atoms with Crippen molar-refractivity contribution in [1.29, 1.82) is 0 Å². The van der Waals surface area contributed by atoms with Crippen molar-refractivity contribution in [3.8, 4) is 34.5 Å². The van der Waals surface area contributed by atoms with E-state index < -0.39 is 23.9 Å². The Labute approximate surface area is 341 Å². The van der Waals surface area contributed by atoms with Gasteiger partial charge in [0.25, 0.3) is 0 Å². The molecule has 0 heterocycles. The van der Waals surface area contributed by atoms with Crippen LogP contribution < -0.4 is 28.4 Å². The van der Waals surface area contributed by atoms with E-state index in [1.807, 2.05) is 0 Å². The van der Waals surface area contributed by atoms with Crippen molar-refractivity contribution < 1.29 is 47.6 Å². The Morgan fingerprint density at radius 2 is 0.737 bits per heavy atom. The molecule has 0 atom stereocenters. The molecule has 10 nitrogen and oxygen atoms in total. The van der Waals surface area contributed by atoms with E-state index in [-0.39, 0.29) is 34.1 Å². The summed E-state index contributed by atoms with van der Waals surface area (Å²) < 4.78 is 34.0. The Hall–Kier alpha value is -5.94. The first-order valence-corrected chi connectivity index (χ1v) is 19.9. The molecule has 5 aromatic carbocycles. The maximum Gasteiger partial charge on any atom is 0.343 e. The van der Waals surface area contributed by atoms with Crippen molar-refractivity contribution in [2.24, 2.45) is 0 Å². The van der Waals surface area contributed by atoms with E-state index in [2.05, 4.69) is 29.8 Å². The van der Waals surface area contributed by atoms with Crippen LogP contribution in [-0.4, -0.2) is 37.1 Å². The fraction of sp³-hybridized carbons (Fsp3) is 0.261. The van der Waals surface area contributed by atoms with Crippen LogP contribution in [0.15, 0.2) is 120 Å². The Morgan fingerprint density at radius 1 is 0.404 bits per heavy atom. The third-order valence-corrected chi connectivity index (χ3v) is 9.29. The lowest BCUT2D eigenvalue weighted by Crippen LogP contribution is -2.11. The molecule has 0 aliphatic carbocycles. The summed E-state index contributed by atoms with van der Waals surface area (Å²) in [5.74, 6) is -0.348. The molecule has 5 aromatic rings. The van der Waals surface area contributed by atoms with Crippen LogP contribution in [0.1, 0.15) is 107 Å². The van der Waals surface area contributed by atoms with Crippen molar-refractivity contribution >= 4 is 39.8 Å². The van der Waals surface area contributed by atoms with Gasteiger partial charge in [0.1, 0.15) is 34.5 Å². The van der Waals surface area contributed by atoms with Crippen molar-refractivity contribution in [2.45, 2.75) is 65.2 Å². The lowest BCUT2D eigenvalue weighted by Gasteiger charge is -2.10. The quantitative estimate of drug-likeness (QED) is 0.0425. The standard InChI is InChI=1S/C46H45BrO10/c1-3-5-7-9-29-52-36-19-11-32(12-20-36)43(48)54-38-23-15-34(16-24-38)45(50)56-40-27-28-41(47)42(31-40)57-46(51)35-17-25-39(26-18-35)55-44(49)33-13-21-37(22-14-33)53-30-10-8-6-4-2/h11-28,31H,3-10,29-30H2,1-2H3. The lowest BCUT2D eigenvalue weighted by atomic mass is 10.2. The zero-order valence-electron chi connectivity index (χ0n) is 32.0. The average Bonchev–Trinajstić information content (AvgIpc) is 3.22. The van der Waals surface area contributed by atoms with Gasteiger partial charge in [0.05, 0.1) is 39.9 Å². The number of rotatable bonds is 20. The van der Waals surface area contributed by atoms with Crippen LogP contribution >= 0.6 is 15.9 Å². The molecule has 0 radical (unpaired) electrons. The number of hydrogen-bond donors (Lipinski definition) is 0. The molecule has 0 saturated heterocycles. The highest BCUT2D eigenvalue weighted by molar-refractivity contribution is 9.10. The van der Waals surface area contributed by atoms with E-state index in [1.54, 1.807) is 54.6 Å². The van der Waals surface area contributed by atoms with Crippen LogP contribution in [0.3, 0.4) is 0 Å². The summed E-state index contributed by atoms with van der Waals surface area (Å²) in [6.07, 6.45) is 8.87. The number of carbonyl (C=O) groups is 4. The largest absolute Gasteiger partial charge is 0.494 e. The molecule has 0 aliphatic rings. The monoisotopic (exact) mass is 836 g/mol. The third-order valence-electron chi connectivity index (χ3n) is 8.63. The molecule has 0 bridgehead atoms. The molecule has 57 heavy (non-hydrogen) atoms. The minimum Gasteiger partial charge on any atom is -0.494 e. The van der Waals surface area contributed by atoms with Gasteiger partial charge >= 0.3 is 23.9 Å². The van der Waals surface area contributed by atoms with Crippen LogP contribution in [0.4, 0.5) is 0 Å². The molecule has 0 aromatic heterocycles. The van der Waals surface area contributed by atoms with Gasteiger partial charge < -0.3 is 28.4 Å². The Balaban J connectivity index is 1.09. The molecular formula is C46H45BrO10. The Kier molecular flexibility index (Phi) is 16.3.